The van der Waals surface area contributed by atoms with E-state index in [1.54, 1.807) is 0 Å². The fourth-order valence-corrected chi connectivity index (χ4v) is 4.16. The number of oxazole rings is 1. The van der Waals surface area contributed by atoms with Crippen LogP contribution < -0.4 is 5.32 Å². The number of aromatic nitrogens is 3. The summed E-state index contributed by atoms with van der Waals surface area (Å²) in [7, 11) is 0. The van der Waals surface area contributed by atoms with Crippen LogP contribution in [0.4, 0.5) is 10.6 Å². The summed E-state index contributed by atoms with van der Waals surface area (Å²) in [6, 6.07) is 2.11. The minimum atomic E-state index is -0.233. The number of H-pyrrole nitrogens is 1. The Morgan fingerprint density at radius 2 is 2.24 bits per heavy atom. The highest BCUT2D eigenvalue weighted by atomic mass is 16.6. The Bertz CT molecular complexity index is 876. The number of aryl methyl sites for hydroxylation is 1. The van der Waals surface area contributed by atoms with Gasteiger partial charge < -0.3 is 19.4 Å². The first kappa shape index (κ1) is 19.5. The number of amides is 2. The van der Waals surface area contributed by atoms with Crippen LogP contribution in [0.2, 0.25) is 0 Å². The summed E-state index contributed by atoms with van der Waals surface area (Å²) in [6.45, 7) is 4.66. The third-order valence-electron chi connectivity index (χ3n) is 5.72. The molecule has 1 saturated heterocycles. The van der Waals surface area contributed by atoms with Crippen LogP contribution in [-0.4, -0.2) is 50.8 Å². The molecule has 29 heavy (non-hydrogen) atoms. The van der Waals surface area contributed by atoms with Crippen molar-refractivity contribution >= 4 is 17.8 Å². The van der Waals surface area contributed by atoms with Gasteiger partial charge in [0.05, 0.1) is 5.69 Å². The van der Waals surface area contributed by atoms with Crippen molar-refractivity contribution in [2.75, 3.05) is 11.9 Å². The molecular formula is C20H27N5O4. The second-order valence-corrected chi connectivity index (χ2v) is 8.02. The minimum absolute atomic E-state index is 0.0619. The van der Waals surface area contributed by atoms with Crippen molar-refractivity contribution in [1.29, 1.82) is 0 Å². The number of nitrogens with zero attached hydrogens (tertiary/aromatic N) is 3. The van der Waals surface area contributed by atoms with Crippen molar-refractivity contribution in [1.82, 2.24) is 20.1 Å². The molecule has 0 unspecified atom stereocenters. The second kappa shape index (κ2) is 8.26. The first-order valence-corrected chi connectivity index (χ1v) is 10.2. The van der Waals surface area contributed by atoms with E-state index >= 15 is 0 Å². The Morgan fingerprint density at radius 1 is 1.38 bits per heavy atom. The average Bonchev–Trinajstić information content (AvgIpc) is 3.44. The highest BCUT2D eigenvalue weighted by Crippen LogP contribution is 2.36. The van der Waals surface area contributed by atoms with Crippen molar-refractivity contribution in [3.8, 4) is 0 Å². The van der Waals surface area contributed by atoms with E-state index in [1.165, 1.54) is 6.26 Å². The van der Waals surface area contributed by atoms with Crippen molar-refractivity contribution in [2.45, 2.75) is 70.4 Å². The van der Waals surface area contributed by atoms with Gasteiger partial charge in [-0.15, -0.1) is 0 Å². The molecule has 3 atom stereocenters. The van der Waals surface area contributed by atoms with Gasteiger partial charge in [-0.2, -0.15) is 5.10 Å². The smallest absolute Gasteiger partial charge is 0.410 e. The molecule has 0 aromatic carbocycles. The first-order chi connectivity index (χ1) is 14.0. The van der Waals surface area contributed by atoms with Crippen LogP contribution in [0.1, 0.15) is 62.2 Å². The molecule has 1 saturated carbocycles. The first-order valence-electron chi connectivity index (χ1n) is 10.2. The van der Waals surface area contributed by atoms with E-state index in [9.17, 15) is 9.59 Å². The van der Waals surface area contributed by atoms with E-state index in [2.05, 4.69) is 27.4 Å². The lowest BCUT2D eigenvalue weighted by Gasteiger charge is -2.23. The predicted molar refractivity (Wildman–Crippen MR) is 104 cm³/mol. The zero-order chi connectivity index (χ0) is 20.4. The lowest BCUT2D eigenvalue weighted by Crippen LogP contribution is -2.36. The van der Waals surface area contributed by atoms with E-state index in [1.807, 2.05) is 17.9 Å². The van der Waals surface area contributed by atoms with Gasteiger partial charge in [0.25, 0.3) is 0 Å². The summed E-state index contributed by atoms with van der Waals surface area (Å²) >= 11 is 0. The van der Waals surface area contributed by atoms with Gasteiger partial charge in [0.1, 0.15) is 18.8 Å². The van der Waals surface area contributed by atoms with Crippen LogP contribution in [-0.2, 0) is 16.0 Å². The van der Waals surface area contributed by atoms with Gasteiger partial charge in [-0.05, 0) is 46.0 Å². The van der Waals surface area contributed by atoms with Crippen LogP contribution >= 0.6 is 0 Å². The van der Waals surface area contributed by atoms with Crippen molar-refractivity contribution < 1.29 is 18.7 Å². The quantitative estimate of drug-likeness (QED) is 0.796. The maximum absolute atomic E-state index is 12.4. The number of hydrogen-bond donors (Lipinski definition) is 2. The Hall–Kier alpha value is -2.84. The Kier molecular flexibility index (Phi) is 5.55. The Balaban J connectivity index is 1.27. The number of hydrogen-bond acceptors (Lipinski definition) is 6. The maximum atomic E-state index is 12.4. The van der Waals surface area contributed by atoms with E-state index < -0.39 is 0 Å². The molecule has 1 aliphatic carbocycles. The zero-order valence-electron chi connectivity index (χ0n) is 16.8. The number of anilines is 1. The summed E-state index contributed by atoms with van der Waals surface area (Å²) in [6.07, 6.45) is 5.91. The van der Waals surface area contributed by atoms with Gasteiger partial charge in [-0.1, -0.05) is 0 Å². The van der Waals surface area contributed by atoms with Gasteiger partial charge in [0.15, 0.2) is 5.82 Å². The average molecular weight is 401 g/mol. The minimum Gasteiger partial charge on any atom is -0.448 e. The largest absolute Gasteiger partial charge is 0.448 e. The van der Waals surface area contributed by atoms with E-state index in [4.69, 9.17) is 9.15 Å². The number of carbonyl (C=O) groups excluding carboxylic acids is 2. The number of likely N-dealkylation sites (tertiary alicyclic amines) is 1. The molecule has 0 spiro atoms. The Morgan fingerprint density at radius 3 is 2.97 bits per heavy atom. The predicted octanol–water partition coefficient (Wildman–Crippen LogP) is 3.14. The number of rotatable bonds is 5. The van der Waals surface area contributed by atoms with Gasteiger partial charge >= 0.3 is 6.09 Å². The molecule has 3 heterocycles. The van der Waals surface area contributed by atoms with Crippen LogP contribution in [0.5, 0.6) is 0 Å². The molecule has 0 bridgehead atoms. The lowest BCUT2D eigenvalue weighted by molar-refractivity contribution is -0.115. The fraction of sp³-hybridized carbons (Fsp3) is 0.600. The van der Waals surface area contributed by atoms with Crippen molar-refractivity contribution in [2.24, 2.45) is 0 Å². The van der Waals surface area contributed by atoms with Crippen LogP contribution in [0, 0.1) is 6.92 Å². The lowest BCUT2D eigenvalue weighted by atomic mass is 10.0. The molecule has 2 fully saturated rings. The Labute approximate surface area is 169 Å². The van der Waals surface area contributed by atoms with Gasteiger partial charge in [-0.3, -0.25) is 9.89 Å². The molecule has 1 aliphatic heterocycles. The standard InChI is InChI=1S/C20H27N5O4/c1-12-11-28-19(21-12)10-18(26)22-17-9-16(23-24-17)14-5-6-15(8-14)29-20(27)25-7-3-4-13(25)2/h9,11,13-15H,3-8,10H2,1-2H3,(H2,22,23,24,26)/t13-,14-,15+/m0/s1. The monoisotopic (exact) mass is 401 g/mol. The summed E-state index contributed by atoms with van der Waals surface area (Å²) in [5.41, 5.74) is 1.69. The summed E-state index contributed by atoms with van der Waals surface area (Å²) in [5.74, 6) is 0.849. The highest BCUT2D eigenvalue weighted by Gasteiger charge is 2.33. The molecule has 2 aromatic rings. The van der Waals surface area contributed by atoms with Gasteiger partial charge in [0.2, 0.25) is 11.8 Å². The fourth-order valence-electron chi connectivity index (χ4n) is 4.16. The molecule has 0 radical (unpaired) electrons. The summed E-state index contributed by atoms with van der Waals surface area (Å²) in [4.78, 5) is 30.4. The van der Waals surface area contributed by atoms with Gasteiger partial charge in [-0.25, -0.2) is 9.78 Å². The van der Waals surface area contributed by atoms with Gasteiger partial charge in [0, 0.05) is 30.3 Å². The number of aromatic amines is 1. The van der Waals surface area contributed by atoms with E-state index in [0.29, 0.717) is 11.7 Å². The molecule has 2 N–H and O–H groups in total. The molecule has 2 amide bonds. The summed E-state index contributed by atoms with van der Waals surface area (Å²) < 4.78 is 10.9. The van der Waals surface area contributed by atoms with Crippen molar-refractivity contribution in [3.05, 3.63) is 29.6 Å². The SMILES string of the molecule is Cc1coc(CC(=O)Nc2cc([C@H]3CC[C@@H](OC(=O)N4CCC[C@@H]4C)C3)[nH]n2)n1. The molecular weight excluding hydrogens is 374 g/mol. The van der Waals surface area contributed by atoms with E-state index in [-0.39, 0.29) is 36.5 Å². The van der Waals surface area contributed by atoms with Crippen LogP contribution in [0.25, 0.3) is 0 Å². The molecule has 4 rings (SSSR count). The van der Waals surface area contributed by atoms with Crippen LogP contribution in [0.3, 0.4) is 0 Å². The van der Waals surface area contributed by atoms with E-state index in [0.717, 1.165) is 50.0 Å². The molecule has 156 valence electrons. The molecule has 9 nitrogen and oxygen atoms in total. The van der Waals surface area contributed by atoms with Crippen LogP contribution in [0.15, 0.2) is 16.7 Å². The summed E-state index contributed by atoms with van der Waals surface area (Å²) in [5, 5.41) is 9.94. The highest BCUT2D eigenvalue weighted by molar-refractivity contribution is 5.90. The third-order valence-corrected chi connectivity index (χ3v) is 5.72. The van der Waals surface area contributed by atoms with Crippen molar-refractivity contribution in [3.63, 3.8) is 0 Å². The third kappa shape index (κ3) is 4.60. The molecule has 2 aliphatic rings. The zero-order valence-corrected chi connectivity index (χ0v) is 16.8. The normalized spacial score (nSPS) is 24.1. The molecule has 9 heteroatoms. The number of carbonyl (C=O) groups is 2. The topological polar surface area (TPSA) is 113 Å². The molecule has 2 aromatic heterocycles. The maximum Gasteiger partial charge on any atom is 0.410 e. The second-order valence-electron chi connectivity index (χ2n) is 8.02. The number of ether oxygens (including phenoxy) is 1. The number of nitrogens with one attached hydrogen (secondary N) is 2.